The number of amides is 2. The van der Waals surface area contributed by atoms with Gasteiger partial charge in [-0.1, -0.05) is 13.8 Å². The summed E-state index contributed by atoms with van der Waals surface area (Å²) in [6.45, 7) is 5.92. The fourth-order valence-electron chi connectivity index (χ4n) is 4.17. The molecule has 1 aromatic rings. The molecule has 2 amide bonds. The van der Waals surface area contributed by atoms with Gasteiger partial charge in [0.1, 0.15) is 11.8 Å². The van der Waals surface area contributed by atoms with Crippen LogP contribution in [0, 0.1) is 11.8 Å². The minimum absolute atomic E-state index is 0.00686. The molecule has 172 valence electrons. The van der Waals surface area contributed by atoms with E-state index in [1.807, 2.05) is 18.7 Å². The van der Waals surface area contributed by atoms with Gasteiger partial charge in [-0.25, -0.2) is 8.42 Å². The standard InChI is InChI=1S/C22H33N3O5S/c1-16(2)20(22(27)24-12-4-5-13-24)23-21(26)17-10-14-25(15-11-17)31(28,29)19-8-6-18(30-3)7-9-19/h6-9,16-17,20H,4-5,10-15H2,1-3H3,(H,23,26)/t20-/m0/s1. The molecule has 9 heteroatoms. The molecule has 2 heterocycles. The van der Waals surface area contributed by atoms with Gasteiger partial charge in [0.25, 0.3) is 0 Å². The zero-order valence-electron chi connectivity index (χ0n) is 18.5. The van der Waals surface area contributed by atoms with Crippen molar-refractivity contribution in [3.63, 3.8) is 0 Å². The Labute approximate surface area is 185 Å². The maximum absolute atomic E-state index is 12.9. The van der Waals surface area contributed by atoms with E-state index >= 15 is 0 Å². The van der Waals surface area contributed by atoms with Crippen LogP contribution in [0.3, 0.4) is 0 Å². The Hall–Kier alpha value is -2.13. The third-order valence-electron chi connectivity index (χ3n) is 6.17. The Morgan fingerprint density at radius 2 is 1.61 bits per heavy atom. The molecule has 3 rings (SSSR count). The second-order valence-electron chi connectivity index (χ2n) is 8.62. The summed E-state index contributed by atoms with van der Waals surface area (Å²) in [6, 6.07) is 5.77. The smallest absolute Gasteiger partial charge is 0.245 e. The lowest BCUT2D eigenvalue weighted by Gasteiger charge is -2.32. The van der Waals surface area contributed by atoms with Crippen LogP contribution in [0.25, 0.3) is 0 Å². The molecule has 2 saturated heterocycles. The molecule has 8 nitrogen and oxygen atoms in total. The van der Waals surface area contributed by atoms with Gasteiger partial charge >= 0.3 is 0 Å². The SMILES string of the molecule is COc1ccc(S(=O)(=O)N2CCC(C(=O)N[C@H](C(=O)N3CCCC3)C(C)C)CC2)cc1. The van der Waals surface area contributed by atoms with Gasteiger partial charge < -0.3 is 15.0 Å². The fraction of sp³-hybridized carbons (Fsp3) is 0.636. The van der Waals surface area contributed by atoms with E-state index in [1.54, 1.807) is 12.1 Å². The first-order valence-corrected chi connectivity index (χ1v) is 12.4. The van der Waals surface area contributed by atoms with Crippen LogP contribution in [0.1, 0.15) is 39.5 Å². The topological polar surface area (TPSA) is 96.0 Å². The molecule has 2 fully saturated rings. The van der Waals surface area contributed by atoms with Crippen molar-refractivity contribution in [2.45, 2.75) is 50.5 Å². The van der Waals surface area contributed by atoms with Crippen molar-refractivity contribution in [3.8, 4) is 5.75 Å². The number of rotatable bonds is 7. The molecule has 1 atom stereocenters. The average Bonchev–Trinajstić information content (AvgIpc) is 3.32. The number of piperidine rings is 1. The Morgan fingerprint density at radius 1 is 1.03 bits per heavy atom. The van der Waals surface area contributed by atoms with E-state index in [0.717, 1.165) is 25.9 Å². The van der Waals surface area contributed by atoms with Crippen LogP contribution in [-0.2, 0) is 19.6 Å². The number of sulfonamides is 1. The van der Waals surface area contributed by atoms with Crippen LogP contribution in [0.15, 0.2) is 29.2 Å². The molecule has 0 spiro atoms. The molecule has 2 aliphatic rings. The third-order valence-corrected chi connectivity index (χ3v) is 8.08. The van der Waals surface area contributed by atoms with Gasteiger partial charge in [-0.3, -0.25) is 9.59 Å². The van der Waals surface area contributed by atoms with E-state index in [4.69, 9.17) is 4.74 Å². The number of carbonyl (C=O) groups is 2. The largest absolute Gasteiger partial charge is 0.497 e. The number of carbonyl (C=O) groups excluding carboxylic acids is 2. The summed E-state index contributed by atoms with van der Waals surface area (Å²) < 4.78 is 32.3. The number of hydrogen-bond acceptors (Lipinski definition) is 5. The molecule has 0 aliphatic carbocycles. The van der Waals surface area contributed by atoms with E-state index in [9.17, 15) is 18.0 Å². The average molecular weight is 452 g/mol. The molecular formula is C22H33N3O5S. The van der Waals surface area contributed by atoms with Gasteiger partial charge in [-0.2, -0.15) is 4.31 Å². The number of hydrogen-bond donors (Lipinski definition) is 1. The lowest BCUT2D eigenvalue weighted by Crippen LogP contribution is -2.53. The normalized spacial score (nSPS) is 19.4. The van der Waals surface area contributed by atoms with Crippen molar-refractivity contribution in [1.82, 2.24) is 14.5 Å². The van der Waals surface area contributed by atoms with Crippen molar-refractivity contribution in [3.05, 3.63) is 24.3 Å². The molecule has 0 aromatic heterocycles. The Bertz CT molecular complexity index is 871. The summed E-state index contributed by atoms with van der Waals surface area (Å²) in [4.78, 5) is 27.7. The van der Waals surface area contributed by atoms with Gasteiger partial charge in [0.05, 0.1) is 12.0 Å². The lowest BCUT2D eigenvalue weighted by atomic mass is 9.95. The predicted octanol–water partition coefficient (Wildman–Crippen LogP) is 1.86. The number of ether oxygens (including phenoxy) is 1. The maximum atomic E-state index is 12.9. The molecule has 31 heavy (non-hydrogen) atoms. The Kier molecular flexibility index (Phi) is 7.59. The zero-order valence-corrected chi connectivity index (χ0v) is 19.4. The molecule has 0 saturated carbocycles. The molecule has 2 aliphatic heterocycles. The van der Waals surface area contributed by atoms with Crippen molar-refractivity contribution in [2.75, 3.05) is 33.3 Å². The van der Waals surface area contributed by atoms with E-state index in [1.165, 1.54) is 23.5 Å². The molecule has 1 N–H and O–H groups in total. The molecular weight excluding hydrogens is 418 g/mol. The first-order valence-electron chi connectivity index (χ1n) is 11.0. The number of likely N-dealkylation sites (tertiary alicyclic amines) is 1. The second-order valence-corrected chi connectivity index (χ2v) is 10.6. The van der Waals surface area contributed by atoms with Crippen LogP contribution in [0.2, 0.25) is 0 Å². The maximum Gasteiger partial charge on any atom is 0.245 e. The van der Waals surface area contributed by atoms with Gasteiger partial charge in [-0.05, 0) is 55.9 Å². The highest BCUT2D eigenvalue weighted by Crippen LogP contribution is 2.25. The summed E-state index contributed by atoms with van der Waals surface area (Å²) in [5.74, 6) is 0.119. The first kappa shape index (κ1) is 23.5. The Balaban J connectivity index is 1.58. The number of nitrogens with one attached hydrogen (secondary N) is 1. The van der Waals surface area contributed by atoms with E-state index in [2.05, 4.69) is 5.32 Å². The summed E-state index contributed by atoms with van der Waals surface area (Å²) in [6.07, 6.45) is 2.88. The number of benzene rings is 1. The monoisotopic (exact) mass is 451 g/mol. The van der Waals surface area contributed by atoms with Crippen LogP contribution in [-0.4, -0.2) is 68.8 Å². The molecule has 0 radical (unpaired) electrons. The zero-order chi connectivity index (χ0) is 22.6. The lowest BCUT2D eigenvalue weighted by molar-refractivity contribution is -0.138. The molecule has 0 unspecified atom stereocenters. The first-order chi connectivity index (χ1) is 14.7. The van der Waals surface area contributed by atoms with Crippen molar-refractivity contribution >= 4 is 21.8 Å². The van der Waals surface area contributed by atoms with Gasteiger partial charge in [0, 0.05) is 32.1 Å². The summed E-state index contributed by atoms with van der Waals surface area (Å²) in [5.41, 5.74) is 0. The van der Waals surface area contributed by atoms with Crippen molar-refractivity contribution in [2.24, 2.45) is 11.8 Å². The highest BCUT2D eigenvalue weighted by atomic mass is 32.2. The third kappa shape index (κ3) is 5.38. The summed E-state index contributed by atoms with van der Waals surface area (Å²) >= 11 is 0. The van der Waals surface area contributed by atoms with Crippen LogP contribution < -0.4 is 10.1 Å². The predicted molar refractivity (Wildman–Crippen MR) is 117 cm³/mol. The minimum atomic E-state index is -3.61. The van der Waals surface area contributed by atoms with Crippen molar-refractivity contribution < 1.29 is 22.7 Å². The Morgan fingerprint density at radius 3 is 2.13 bits per heavy atom. The van der Waals surface area contributed by atoms with Crippen LogP contribution >= 0.6 is 0 Å². The van der Waals surface area contributed by atoms with Gasteiger partial charge in [0.15, 0.2) is 0 Å². The van der Waals surface area contributed by atoms with E-state index in [-0.39, 0.29) is 41.6 Å². The number of nitrogens with zero attached hydrogens (tertiary/aromatic N) is 2. The second kappa shape index (κ2) is 9.99. The summed E-state index contributed by atoms with van der Waals surface area (Å²) in [5, 5.41) is 2.95. The quantitative estimate of drug-likeness (QED) is 0.683. The molecule has 1 aromatic carbocycles. The van der Waals surface area contributed by atoms with E-state index < -0.39 is 16.1 Å². The van der Waals surface area contributed by atoms with Gasteiger partial charge in [0.2, 0.25) is 21.8 Å². The van der Waals surface area contributed by atoms with Crippen LogP contribution in [0.5, 0.6) is 5.75 Å². The molecule has 0 bridgehead atoms. The van der Waals surface area contributed by atoms with E-state index in [0.29, 0.717) is 18.6 Å². The van der Waals surface area contributed by atoms with Gasteiger partial charge in [-0.15, -0.1) is 0 Å². The highest BCUT2D eigenvalue weighted by molar-refractivity contribution is 7.89. The summed E-state index contributed by atoms with van der Waals surface area (Å²) in [7, 11) is -2.08. The van der Waals surface area contributed by atoms with Crippen molar-refractivity contribution in [1.29, 1.82) is 0 Å². The highest BCUT2D eigenvalue weighted by Gasteiger charge is 2.35. The minimum Gasteiger partial charge on any atom is -0.497 e. The number of methoxy groups -OCH3 is 1. The van der Waals surface area contributed by atoms with Crippen LogP contribution in [0.4, 0.5) is 0 Å². The fourth-order valence-corrected chi connectivity index (χ4v) is 5.64.